The molecule has 0 atom stereocenters. The summed E-state index contributed by atoms with van der Waals surface area (Å²) in [5.41, 5.74) is 3.72. The number of likely N-dealkylation sites (N-methyl/N-ethyl adjacent to an activating group) is 1. The van der Waals surface area contributed by atoms with E-state index in [2.05, 4.69) is 15.0 Å². The fourth-order valence-corrected chi connectivity index (χ4v) is 2.96. The van der Waals surface area contributed by atoms with Crippen molar-refractivity contribution in [2.45, 2.75) is 20.3 Å². The molecular weight excluding hydrogens is 296 g/mol. The molecule has 2 heterocycles. The maximum Gasteiger partial charge on any atom is 0.273 e. The van der Waals surface area contributed by atoms with Crippen LogP contribution in [0.25, 0.3) is 11.0 Å². The van der Waals surface area contributed by atoms with Crippen molar-refractivity contribution < 1.29 is 4.79 Å². The monoisotopic (exact) mass is 314 g/mol. The number of fused-ring (bicyclic) bond motifs is 1. The molecule has 0 saturated carbocycles. The molecule has 3 aromatic rings. The van der Waals surface area contributed by atoms with Crippen LogP contribution in [0.3, 0.4) is 0 Å². The Hall–Kier alpha value is -2.21. The molecule has 6 heteroatoms. The molecule has 5 nitrogen and oxygen atoms in total. The topological polar surface area (TPSA) is 61.9 Å². The molecule has 0 bridgehead atoms. The zero-order valence-electron chi connectivity index (χ0n) is 12.9. The minimum Gasteiger partial charge on any atom is -0.342 e. The fourth-order valence-electron chi connectivity index (χ4n) is 2.38. The number of aryl methyl sites for hydroxylation is 2. The van der Waals surface area contributed by atoms with Crippen molar-refractivity contribution in [1.82, 2.24) is 19.9 Å². The van der Waals surface area contributed by atoms with Crippen LogP contribution in [0.5, 0.6) is 0 Å². The summed E-state index contributed by atoms with van der Waals surface area (Å²) in [7, 11) is 1.80. The third kappa shape index (κ3) is 2.87. The summed E-state index contributed by atoms with van der Waals surface area (Å²) in [5, 5.41) is 2.71. The number of nitrogens with one attached hydrogen (secondary N) is 1. The van der Waals surface area contributed by atoms with E-state index in [4.69, 9.17) is 0 Å². The van der Waals surface area contributed by atoms with E-state index in [0.29, 0.717) is 18.7 Å². The van der Waals surface area contributed by atoms with E-state index in [0.717, 1.165) is 27.4 Å². The van der Waals surface area contributed by atoms with Gasteiger partial charge in [-0.05, 0) is 25.5 Å². The zero-order chi connectivity index (χ0) is 15.7. The number of aromatic nitrogens is 3. The molecule has 1 amide bonds. The lowest BCUT2D eigenvalue weighted by molar-refractivity contribution is 0.0791. The van der Waals surface area contributed by atoms with Crippen molar-refractivity contribution in [3.8, 4) is 0 Å². The highest BCUT2D eigenvalue weighted by Gasteiger charge is 2.15. The van der Waals surface area contributed by atoms with E-state index in [1.54, 1.807) is 17.3 Å². The van der Waals surface area contributed by atoms with E-state index in [1.807, 2.05) is 32.0 Å². The predicted molar refractivity (Wildman–Crippen MR) is 88.3 cm³/mol. The minimum absolute atomic E-state index is 0.0448. The molecule has 0 radical (unpaired) electrons. The number of benzene rings is 1. The van der Waals surface area contributed by atoms with Gasteiger partial charge >= 0.3 is 0 Å². The molecular formula is C16H18N4OS. The number of hydrogen-bond acceptors (Lipinski definition) is 4. The second kappa shape index (κ2) is 5.88. The third-order valence-electron chi connectivity index (χ3n) is 3.63. The molecule has 0 saturated heterocycles. The third-order valence-corrected chi connectivity index (χ3v) is 4.41. The van der Waals surface area contributed by atoms with Gasteiger partial charge in [-0.3, -0.25) is 4.79 Å². The van der Waals surface area contributed by atoms with Crippen molar-refractivity contribution >= 4 is 28.3 Å². The normalized spacial score (nSPS) is 11.0. The number of nitrogens with zero attached hydrogens (tertiary/aromatic N) is 3. The number of imidazole rings is 1. The summed E-state index contributed by atoms with van der Waals surface area (Å²) in [6.45, 7) is 4.56. The number of carbonyl (C=O) groups is 1. The van der Waals surface area contributed by atoms with Crippen LogP contribution in [0.2, 0.25) is 0 Å². The number of rotatable bonds is 4. The Morgan fingerprint density at radius 2 is 2.14 bits per heavy atom. The van der Waals surface area contributed by atoms with Crippen LogP contribution < -0.4 is 0 Å². The van der Waals surface area contributed by atoms with E-state index in [9.17, 15) is 4.79 Å². The Balaban J connectivity index is 1.68. The van der Waals surface area contributed by atoms with Crippen molar-refractivity contribution in [2.75, 3.05) is 13.6 Å². The maximum absolute atomic E-state index is 12.2. The van der Waals surface area contributed by atoms with Crippen molar-refractivity contribution in [2.24, 2.45) is 0 Å². The Morgan fingerprint density at radius 3 is 2.82 bits per heavy atom. The fraction of sp³-hybridized carbons (Fsp3) is 0.312. The smallest absolute Gasteiger partial charge is 0.273 e. The lowest BCUT2D eigenvalue weighted by Crippen LogP contribution is -2.29. The molecule has 0 spiro atoms. The first-order chi connectivity index (χ1) is 10.5. The molecule has 1 aromatic carbocycles. The molecule has 114 valence electrons. The molecule has 3 rings (SSSR count). The Kier molecular flexibility index (Phi) is 3.94. The highest BCUT2D eigenvalue weighted by atomic mass is 32.1. The zero-order valence-corrected chi connectivity index (χ0v) is 13.7. The molecule has 22 heavy (non-hydrogen) atoms. The van der Waals surface area contributed by atoms with Gasteiger partial charge in [-0.15, -0.1) is 11.3 Å². The van der Waals surface area contributed by atoms with Gasteiger partial charge in [-0.25, -0.2) is 9.97 Å². The minimum atomic E-state index is -0.0448. The van der Waals surface area contributed by atoms with Crippen LogP contribution in [-0.4, -0.2) is 39.4 Å². The maximum atomic E-state index is 12.2. The van der Waals surface area contributed by atoms with Crippen molar-refractivity contribution in [3.05, 3.63) is 45.7 Å². The summed E-state index contributed by atoms with van der Waals surface area (Å²) < 4.78 is 0. The van der Waals surface area contributed by atoms with Crippen LogP contribution in [0, 0.1) is 13.8 Å². The van der Waals surface area contributed by atoms with E-state index in [1.165, 1.54) is 11.3 Å². The van der Waals surface area contributed by atoms with Gasteiger partial charge in [-0.1, -0.05) is 12.1 Å². The molecule has 1 N–H and O–H groups in total. The first-order valence-corrected chi connectivity index (χ1v) is 8.04. The predicted octanol–water partition coefficient (Wildman–Crippen LogP) is 2.95. The van der Waals surface area contributed by atoms with Gasteiger partial charge in [0.05, 0.1) is 16.0 Å². The SMILES string of the molecule is Cc1nc(C(=O)N(C)CCc2nc3c(C)cccc3[nH]2)cs1. The van der Waals surface area contributed by atoms with E-state index >= 15 is 0 Å². The number of aromatic amines is 1. The number of H-pyrrole nitrogens is 1. The van der Waals surface area contributed by atoms with Crippen LogP contribution in [0.15, 0.2) is 23.6 Å². The van der Waals surface area contributed by atoms with Gasteiger partial charge in [0.15, 0.2) is 0 Å². The van der Waals surface area contributed by atoms with Crippen LogP contribution in [0.4, 0.5) is 0 Å². The molecule has 0 unspecified atom stereocenters. The van der Waals surface area contributed by atoms with Gasteiger partial charge in [0.2, 0.25) is 0 Å². The Bertz CT molecular complexity index is 821. The van der Waals surface area contributed by atoms with Crippen molar-refractivity contribution in [3.63, 3.8) is 0 Å². The molecule has 0 aliphatic heterocycles. The molecule has 0 aliphatic carbocycles. The first-order valence-electron chi connectivity index (χ1n) is 7.16. The molecule has 0 aliphatic rings. The van der Waals surface area contributed by atoms with E-state index < -0.39 is 0 Å². The summed E-state index contributed by atoms with van der Waals surface area (Å²) in [6.07, 6.45) is 0.694. The van der Waals surface area contributed by atoms with Crippen LogP contribution in [0.1, 0.15) is 26.9 Å². The number of hydrogen-bond donors (Lipinski definition) is 1. The van der Waals surface area contributed by atoms with Crippen molar-refractivity contribution in [1.29, 1.82) is 0 Å². The highest BCUT2D eigenvalue weighted by molar-refractivity contribution is 7.09. The number of amides is 1. The van der Waals surface area contributed by atoms with Crippen LogP contribution in [-0.2, 0) is 6.42 Å². The quantitative estimate of drug-likeness (QED) is 0.805. The lowest BCUT2D eigenvalue weighted by atomic mass is 10.2. The van der Waals surface area contributed by atoms with Gasteiger partial charge in [0, 0.05) is 25.4 Å². The van der Waals surface area contributed by atoms with E-state index in [-0.39, 0.29) is 5.91 Å². The summed E-state index contributed by atoms with van der Waals surface area (Å²) in [6, 6.07) is 6.08. The number of para-hydroxylation sites is 1. The van der Waals surface area contributed by atoms with Gasteiger partial charge < -0.3 is 9.88 Å². The van der Waals surface area contributed by atoms with Gasteiger partial charge in [0.1, 0.15) is 11.5 Å². The average molecular weight is 314 g/mol. The number of thiazole rings is 1. The summed E-state index contributed by atoms with van der Waals surface area (Å²) in [4.78, 5) is 26.1. The second-order valence-electron chi connectivity index (χ2n) is 5.38. The Labute approximate surface area is 133 Å². The summed E-state index contributed by atoms with van der Waals surface area (Å²) >= 11 is 1.49. The van der Waals surface area contributed by atoms with Gasteiger partial charge in [0.25, 0.3) is 5.91 Å². The average Bonchev–Trinajstić information content (AvgIpc) is 3.11. The highest BCUT2D eigenvalue weighted by Crippen LogP contribution is 2.16. The summed E-state index contributed by atoms with van der Waals surface area (Å²) in [5.74, 6) is 0.857. The Morgan fingerprint density at radius 1 is 1.32 bits per heavy atom. The number of carbonyl (C=O) groups excluding carboxylic acids is 1. The van der Waals surface area contributed by atoms with Gasteiger partial charge in [-0.2, -0.15) is 0 Å². The second-order valence-corrected chi connectivity index (χ2v) is 6.45. The van der Waals surface area contributed by atoms with Crippen LogP contribution >= 0.6 is 11.3 Å². The molecule has 0 fully saturated rings. The lowest BCUT2D eigenvalue weighted by Gasteiger charge is -2.14. The molecule has 2 aromatic heterocycles. The first kappa shape index (κ1) is 14.7. The largest absolute Gasteiger partial charge is 0.342 e. The standard InChI is InChI=1S/C16H18N4OS/c1-10-5-4-6-12-15(10)19-14(18-12)7-8-20(3)16(21)13-9-22-11(2)17-13/h4-6,9H,7-8H2,1-3H3,(H,18,19).